The number of carbonyl (C=O) groups is 1. The minimum absolute atomic E-state index is 0.0878. The van der Waals surface area contributed by atoms with Crippen LogP contribution in [0.15, 0.2) is 41.3 Å². The van der Waals surface area contributed by atoms with E-state index >= 15 is 0 Å². The number of hydrogen-bond acceptors (Lipinski definition) is 4. The molecule has 128 valence electrons. The van der Waals surface area contributed by atoms with Crippen LogP contribution in [0.1, 0.15) is 25.1 Å². The predicted octanol–water partition coefficient (Wildman–Crippen LogP) is 1.96. The molecule has 25 heavy (non-hydrogen) atoms. The third kappa shape index (κ3) is 3.05. The van der Waals surface area contributed by atoms with Gasteiger partial charge in [-0.15, -0.1) is 0 Å². The van der Waals surface area contributed by atoms with E-state index < -0.39 is 0 Å². The molecule has 0 saturated carbocycles. The number of fused-ring (bicyclic) bond motifs is 2. The first-order valence-electron chi connectivity index (χ1n) is 8.52. The van der Waals surface area contributed by atoms with Crippen LogP contribution in [-0.2, 0) is 24.3 Å². The number of carbonyl (C=O) groups excluding carboxylic acids is 1. The lowest BCUT2D eigenvalue weighted by molar-refractivity contribution is -0.117. The van der Waals surface area contributed by atoms with Crippen LogP contribution in [0.4, 0.5) is 5.69 Å². The van der Waals surface area contributed by atoms with Crippen molar-refractivity contribution in [1.29, 1.82) is 0 Å². The zero-order chi connectivity index (χ0) is 17.2. The fourth-order valence-corrected chi connectivity index (χ4v) is 3.27. The van der Waals surface area contributed by atoms with Crippen LogP contribution < -0.4 is 11.0 Å². The molecule has 2 aromatic heterocycles. The molecule has 4 rings (SSSR count). The zero-order valence-corrected chi connectivity index (χ0v) is 13.8. The number of nitrogens with one attached hydrogen (secondary N) is 1. The van der Waals surface area contributed by atoms with Crippen LogP contribution in [0.3, 0.4) is 0 Å². The zero-order valence-electron chi connectivity index (χ0n) is 13.8. The van der Waals surface area contributed by atoms with Crippen LogP contribution in [0, 0.1) is 0 Å². The first kappa shape index (κ1) is 15.6. The lowest BCUT2D eigenvalue weighted by Crippen LogP contribution is -2.30. The maximum Gasteiger partial charge on any atom is 0.346 e. The summed E-state index contributed by atoms with van der Waals surface area (Å²) in [7, 11) is 0. The van der Waals surface area contributed by atoms with Crippen LogP contribution in [0.25, 0.3) is 10.9 Å². The SMILES string of the molecule is O=C(Cn1nc2n(c1=O)CCCCC2)Nc1cccc2ncccc12. The van der Waals surface area contributed by atoms with E-state index in [4.69, 9.17) is 0 Å². The van der Waals surface area contributed by atoms with Crippen molar-refractivity contribution < 1.29 is 4.79 Å². The fraction of sp³-hybridized carbons (Fsp3) is 0.333. The summed E-state index contributed by atoms with van der Waals surface area (Å²) in [6.07, 6.45) is 5.63. The van der Waals surface area contributed by atoms with E-state index in [0.717, 1.165) is 42.4 Å². The summed E-state index contributed by atoms with van der Waals surface area (Å²) in [5.41, 5.74) is 1.29. The van der Waals surface area contributed by atoms with Gasteiger partial charge in [-0.05, 0) is 37.1 Å². The fourth-order valence-electron chi connectivity index (χ4n) is 3.27. The van der Waals surface area contributed by atoms with Crippen molar-refractivity contribution in [2.24, 2.45) is 0 Å². The van der Waals surface area contributed by atoms with E-state index in [2.05, 4.69) is 15.4 Å². The minimum Gasteiger partial charge on any atom is -0.324 e. The van der Waals surface area contributed by atoms with Gasteiger partial charge in [-0.25, -0.2) is 9.48 Å². The van der Waals surface area contributed by atoms with Crippen molar-refractivity contribution in [3.05, 3.63) is 52.8 Å². The Morgan fingerprint density at radius 3 is 3.00 bits per heavy atom. The molecular weight excluding hydrogens is 318 g/mol. The standard InChI is InChI=1S/C18H19N5O2/c24-17(20-15-8-4-7-14-13(15)6-5-10-19-14)12-23-18(25)22-11-3-1-2-9-16(22)21-23/h4-8,10H,1-3,9,11-12H2,(H,20,24). The highest BCUT2D eigenvalue weighted by atomic mass is 16.2. The van der Waals surface area contributed by atoms with Crippen LogP contribution in [-0.4, -0.2) is 25.2 Å². The number of aryl methyl sites for hydroxylation is 1. The number of anilines is 1. The number of rotatable bonds is 3. The van der Waals surface area contributed by atoms with E-state index in [1.54, 1.807) is 10.8 Å². The van der Waals surface area contributed by atoms with Crippen LogP contribution >= 0.6 is 0 Å². The van der Waals surface area contributed by atoms with E-state index in [-0.39, 0.29) is 18.1 Å². The third-order valence-corrected chi connectivity index (χ3v) is 4.49. The molecule has 1 aliphatic heterocycles. The maximum atomic E-state index is 12.4. The molecule has 3 aromatic rings. The van der Waals surface area contributed by atoms with Gasteiger partial charge in [0.25, 0.3) is 0 Å². The van der Waals surface area contributed by atoms with Gasteiger partial charge in [-0.3, -0.25) is 14.3 Å². The Morgan fingerprint density at radius 2 is 2.08 bits per heavy atom. The molecule has 0 bridgehead atoms. The van der Waals surface area contributed by atoms with Crippen molar-refractivity contribution in [3.63, 3.8) is 0 Å². The van der Waals surface area contributed by atoms with E-state index in [0.29, 0.717) is 12.2 Å². The molecule has 1 aromatic carbocycles. The summed E-state index contributed by atoms with van der Waals surface area (Å²) in [6, 6.07) is 9.29. The molecule has 0 aliphatic carbocycles. The highest BCUT2D eigenvalue weighted by Gasteiger charge is 2.17. The van der Waals surface area contributed by atoms with E-state index in [9.17, 15) is 9.59 Å². The summed E-state index contributed by atoms with van der Waals surface area (Å²) < 4.78 is 2.96. The van der Waals surface area contributed by atoms with Gasteiger partial charge >= 0.3 is 5.69 Å². The van der Waals surface area contributed by atoms with Crippen molar-refractivity contribution in [2.75, 3.05) is 5.32 Å². The molecule has 7 heteroatoms. The average Bonchev–Trinajstić information content (AvgIpc) is 2.78. The van der Waals surface area contributed by atoms with Gasteiger partial charge in [0.1, 0.15) is 12.4 Å². The van der Waals surface area contributed by atoms with Crippen molar-refractivity contribution >= 4 is 22.5 Å². The van der Waals surface area contributed by atoms with Gasteiger partial charge in [-0.2, -0.15) is 5.10 Å². The normalized spacial score (nSPS) is 14.1. The molecule has 1 amide bonds. The number of aromatic nitrogens is 4. The number of amides is 1. The second-order valence-electron chi connectivity index (χ2n) is 6.24. The van der Waals surface area contributed by atoms with Gasteiger partial charge in [0.2, 0.25) is 5.91 Å². The Labute approximate surface area is 144 Å². The molecule has 0 spiro atoms. The molecule has 7 nitrogen and oxygen atoms in total. The molecule has 0 saturated heterocycles. The summed E-state index contributed by atoms with van der Waals surface area (Å²) in [6.45, 7) is 0.597. The molecule has 3 heterocycles. The summed E-state index contributed by atoms with van der Waals surface area (Å²) >= 11 is 0. The molecule has 0 atom stereocenters. The second-order valence-corrected chi connectivity index (χ2v) is 6.24. The molecule has 0 radical (unpaired) electrons. The van der Waals surface area contributed by atoms with Crippen LogP contribution in [0.5, 0.6) is 0 Å². The van der Waals surface area contributed by atoms with Gasteiger partial charge in [0.15, 0.2) is 0 Å². The van der Waals surface area contributed by atoms with E-state index in [1.165, 1.54) is 4.68 Å². The summed E-state index contributed by atoms with van der Waals surface area (Å²) in [4.78, 5) is 29.1. The van der Waals surface area contributed by atoms with Crippen molar-refractivity contribution in [2.45, 2.75) is 38.8 Å². The highest BCUT2D eigenvalue weighted by Crippen LogP contribution is 2.21. The van der Waals surface area contributed by atoms with Gasteiger partial charge in [0.05, 0.1) is 11.2 Å². The Kier molecular flexibility index (Phi) is 4.05. The average molecular weight is 337 g/mol. The molecular formula is C18H19N5O2. The first-order valence-corrected chi connectivity index (χ1v) is 8.52. The molecule has 0 unspecified atom stereocenters. The number of benzene rings is 1. The third-order valence-electron chi connectivity index (χ3n) is 4.49. The van der Waals surface area contributed by atoms with Gasteiger partial charge < -0.3 is 5.32 Å². The highest BCUT2D eigenvalue weighted by molar-refractivity contribution is 6.00. The minimum atomic E-state index is -0.272. The van der Waals surface area contributed by atoms with Gasteiger partial charge in [-0.1, -0.05) is 12.5 Å². The Hall–Kier alpha value is -2.96. The smallest absolute Gasteiger partial charge is 0.324 e. The molecule has 1 N–H and O–H groups in total. The Bertz CT molecular complexity index is 983. The van der Waals surface area contributed by atoms with Crippen molar-refractivity contribution in [1.82, 2.24) is 19.3 Å². The summed E-state index contributed by atoms with van der Waals surface area (Å²) in [5, 5.41) is 8.08. The lowest BCUT2D eigenvalue weighted by Gasteiger charge is -2.08. The number of pyridine rings is 1. The number of nitrogens with zero attached hydrogens (tertiary/aromatic N) is 4. The monoisotopic (exact) mass is 337 g/mol. The first-order chi connectivity index (χ1) is 12.2. The lowest BCUT2D eigenvalue weighted by atomic mass is 10.2. The molecule has 0 fully saturated rings. The largest absolute Gasteiger partial charge is 0.346 e. The van der Waals surface area contributed by atoms with Crippen LogP contribution in [0.2, 0.25) is 0 Å². The second kappa shape index (κ2) is 6.51. The summed E-state index contributed by atoms with van der Waals surface area (Å²) in [5.74, 6) is 0.511. The topological polar surface area (TPSA) is 81.8 Å². The Morgan fingerprint density at radius 1 is 1.16 bits per heavy atom. The maximum absolute atomic E-state index is 12.4. The predicted molar refractivity (Wildman–Crippen MR) is 94.4 cm³/mol. The van der Waals surface area contributed by atoms with E-state index in [1.807, 2.05) is 30.3 Å². The molecule has 1 aliphatic rings. The number of hydrogen-bond donors (Lipinski definition) is 1. The van der Waals surface area contributed by atoms with Gasteiger partial charge in [0, 0.05) is 24.5 Å². The Balaban J connectivity index is 1.56. The van der Waals surface area contributed by atoms with Crippen molar-refractivity contribution in [3.8, 4) is 0 Å². The quantitative estimate of drug-likeness (QED) is 0.792.